The van der Waals surface area contributed by atoms with Gasteiger partial charge in [0.25, 0.3) is 0 Å². The number of hydrogen-bond acceptors (Lipinski definition) is 3. The lowest BCUT2D eigenvalue weighted by Crippen LogP contribution is -2.42. The van der Waals surface area contributed by atoms with E-state index in [4.69, 9.17) is 10.5 Å². The Hall–Kier alpha value is -1.55. The number of carbonyl (C=O) groups is 1. The lowest BCUT2D eigenvalue weighted by molar-refractivity contribution is -0.124. The molecule has 1 saturated heterocycles. The largest absolute Gasteiger partial charge is 0.398 e. The average Bonchev–Trinajstić information content (AvgIpc) is 2.95. The third kappa shape index (κ3) is 2.18. The number of ether oxygens (including phenoxy) is 1. The summed E-state index contributed by atoms with van der Waals surface area (Å²) in [6.45, 7) is 3.58. The zero-order chi connectivity index (χ0) is 14.1. The number of amides is 1. The Labute approximate surface area is 119 Å². The van der Waals surface area contributed by atoms with Gasteiger partial charge >= 0.3 is 0 Å². The van der Waals surface area contributed by atoms with Gasteiger partial charge in [-0.25, -0.2) is 0 Å². The first-order chi connectivity index (χ1) is 9.72. The van der Waals surface area contributed by atoms with Crippen molar-refractivity contribution in [3.05, 3.63) is 23.8 Å². The van der Waals surface area contributed by atoms with Gasteiger partial charge in [0.05, 0.1) is 12.0 Å². The molecule has 0 aromatic heterocycles. The molecule has 2 atom stereocenters. The second-order valence-electron chi connectivity index (χ2n) is 5.65. The number of anilines is 2. The zero-order valence-electron chi connectivity index (χ0n) is 12.0. The molecule has 2 unspecified atom stereocenters. The van der Waals surface area contributed by atoms with Gasteiger partial charge in [-0.05, 0) is 43.4 Å². The average molecular weight is 274 g/mol. The molecule has 0 aliphatic carbocycles. The maximum absolute atomic E-state index is 12.8. The molecule has 1 aromatic rings. The molecule has 0 spiro atoms. The Balaban J connectivity index is 1.89. The van der Waals surface area contributed by atoms with Crippen molar-refractivity contribution < 1.29 is 9.53 Å². The van der Waals surface area contributed by atoms with Gasteiger partial charge in [-0.1, -0.05) is 13.0 Å². The molecule has 2 heterocycles. The van der Waals surface area contributed by atoms with Crippen molar-refractivity contribution in [3.63, 3.8) is 0 Å². The molecule has 3 rings (SSSR count). The molecule has 108 valence electrons. The SMILES string of the molecule is CCC1OCCC1C(=O)N1CCCc2c(N)cccc21. The predicted octanol–water partition coefficient (Wildman–Crippen LogP) is 2.36. The molecule has 4 nitrogen and oxygen atoms in total. The summed E-state index contributed by atoms with van der Waals surface area (Å²) >= 11 is 0. The lowest BCUT2D eigenvalue weighted by Gasteiger charge is -2.33. The molecule has 4 heteroatoms. The number of nitrogens with zero attached hydrogens (tertiary/aromatic N) is 1. The summed E-state index contributed by atoms with van der Waals surface area (Å²) in [5, 5.41) is 0. The van der Waals surface area contributed by atoms with Gasteiger partial charge in [-0.15, -0.1) is 0 Å². The number of fused-ring (bicyclic) bond motifs is 1. The Morgan fingerprint density at radius 3 is 3.15 bits per heavy atom. The number of carbonyl (C=O) groups excluding carboxylic acids is 1. The molecule has 0 saturated carbocycles. The topological polar surface area (TPSA) is 55.6 Å². The summed E-state index contributed by atoms with van der Waals surface area (Å²) in [6.07, 6.45) is 3.76. The fourth-order valence-electron chi connectivity index (χ4n) is 3.41. The zero-order valence-corrected chi connectivity index (χ0v) is 12.0. The molecule has 2 N–H and O–H groups in total. The standard InChI is InChI=1S/C16H22N2O2/c1-2-15-12(8-10-20-15)16(19)18-9-4-5-11-13(17)6-3-7-14(11)18/h3,6-7,12,15H,2,4-5,8-10,17H2,1H3. The van der Waals surface area contributed by atoms with Crippen LogP contribution in [0.2, 0.25) is 0 Å². The van der Waals surface area contributed by atoms with Gasteiger partial charge in [0.2, 0.25) is 5.91 Å². The number of nitrogens with two attached hydrogens (primary N) is 1. The van der Waals surface area contributed by atoms with E-state index in [1.165, 1.54) is 0 Å². The Morgan fingerprint density at radius 1 is 1.50 bits per heavy atom. The van der Waals surface area contributed by atoms with E-state index in [9.17, 15) is 4.79 Å². The van der Waals surface area contributed by atoms with Crippen LogP contribution in [-0.4, -0.2) is 25.2 Å². The normalized spacial score (nSPS) is 25.6. The van der Waals surface area contributed by atoms with E-state index in [2.05, 4.69) is 6.92 Å². The molecule has 2 aliphatic rings. The highest BCUT2D eigenvalue weighted by molar-refractivity contribution is 5.97. The third-order valence-electron chi connectivity index (χ3n) is 4.48. The van der Waals surface area contributed by atoms with Crippen molar-refractivity contribution in [3.8, 4) is 0 Å². The molecule has 0 bridgehead atoms. The summed E-state index contributed by atoms with van der Waals surface area (Å²) in [7, 11) is 0. The van der Waals surface area contributed by atoms with Crippen molar-refractivity contribution in [2.75, 3.05) is 23.8 Å². The highest BCUT2D eigenvalue weighted by Crippen LogP contribution is 2.34. The van der Waals surface area contributed by atoms with Gasteiger partial charge in [-0.3, -0.25) is 4.79 Å². The van der Waals surface area contributed by atoms with Crippen LogP contribution in [0.1, 0.15) is 31.7 Å². The number of rotatable bonds is 2. The first kappa shape index (κ1) is 13.4. The van der Waals surface area contributed by atoms with E-state index in [-0.39, 0.29) is 17.9 Å². The molecule has 0 radical (unpaired) electrons. The van der Waals surface area contributed by atoms with Crippen molar-refractivity contribution in [1.29, 1.82) is 0 Å². The van der Waals surface area contributed by atoms with E-state index >= 15 is 0 Å². The Morgan fingerprint density at radius 2 is 2.35 bits per heavy atom. The Bertz CT molecular complexity index is 515. The van der Waals surface area contributed by atoms with Crippen LogP contribution in [0.3, 0.4) is 0 Å². The summed E-state index contributed by atoms with van der Waals surface area (Å²) in [5.74, 6) is 0.216. The fourth-order valence-corrected chi connectivity index (χ4v) is 3.41. The van der Waals surface area contributed by atoms with Crippen LogP contribution in [0, 0.1) is 5.92 Å². The first-order valence-corrected chi connectivity index (χ1v) is 7.52. The van der Waals surface area contributed by atoms with Gasteiger partial charge < -0.3 is 15.4 Å². The highest BCUT2D eigenvalue weighted by atomic mass is 16.5. The summed E-state index contributed by atoms with van der Waals surface area (Å²) in [4.78, 5) is 14.8. The quantitative estimate of drug-likeness (QED) is 0.842. The molecule has 1 aromatic carbocycles. The minimum atomic E-state index is 0.00683. The maximum atomic E-state index is 12.8. The van der Waals surface area contributed by atoms with Gasteiger partial charge in [0.15, 0.2) is 0 Å². The van der Waals surface area contributed by atoms with Crippen molar-refractivity contribution >= 4 is 17.3 Å². The van der Waals surface area contributed by atoms with Crippen molar-refractivity contribution in [1.82, 2.24) is 0 Å². The van der Waals surface area contributed by atoms with E-state index in [0.717, 1.165) is 49.2 Å². The van der Waals surface area contributed by atoms with E-state index in [1.54, 1.807) is 0 Å². The molecule has 20 heavy (non-hydrogen) atoms. The van der Waals surface area contributed by atoms with Crippen LogP contribution in [0.25, 0.3) is 0 Å². The summed E-state index contributed by atoms with van der Waals surface area (Å²) < 4.78 is 5.67. The minimum Gasteiger partial charge on any atom is -0.398 e. The minimum absolute atomic E-state index is 0.00683. The number of benzene rings is 1. The van der Waals surface area contributed by atoms with Gasteiger partial charge in [-0.2, -0.15) is 0 Å². The van der Waals surface area contributed by atoms with E-state index in [0.29, 0.717) is 6.61 Å². The molecule has 1 amide bonds. The lowest BCUT2D eigenvalue weighted by atomic mass is 9.94. The smallest absolute Gasteiger partial charge is 0.232 e. The monoisotopic (exact) mass is 274 g/mol. The summed E-state index contributed by atoms with van der Waals surface area (Å²) in [5.41, 5.74) is 8.98. The van der Waals surface area contributed by atoms with Crippen LogP contribution in [0.5, 0.6) is 0 Å². The van der Waals surface area contributed by atoms with Crippen molar-refractivity contribution in [2.24, 2.45) is 5.92 Å². The highest BCUT2D eigenvalue weighted by Gasteiger charge is 2.37. The van der Waals surface area contributed by atoms with Crippen LogP contribution in [-0.2, 0) is 16.0 Å². The van der Waals surface area contributed by atoms with E-state index in [1.807, 2.05) is 23.1 Å². The molecular formula is C16H22N2O2. The molecular weight excluding hydrogens is 252 g/mol. The van der Waals surface area contributed by atoms with E-state index < -0.39 is 0 Å². The second-order valence-corrected chi connectivity index (χ2v) is 5.65. The van der Waals surface area contributed by atoms with Crippen LogP contribution < -0.4 is 10.6 Å². The van der Waals surface area contributed by atoms with Crippen molar-refractivity contribution in [2.45, 2.75) is 38.7 Å². The predicted molar refractivity (Wildman–Crippen MR) is 79.7 cm³/mol. The second kappa shape index (κ2) is 5.44. The van der Waals surface area contributed by atoms with Crippen LogP contribution >= 0.6 is 0 Å². The Kier molecular flexibility index (Phi) is 3.66. The fraction of sp³-hybridized carbons (Fsp3) is 0.562. The molecule has 1 fully saturated rings. The third-order valence-corrected chi connectivity index (χ3v) is 4.48. The van der Waals surface area contributed by atoms with Gasteiger partial charge in [0.1, 0.15) is 0 Å². The first-order valence-electron chi connectivity index (χ1n) is 7.52. The summed E-state index contributed by atoms with van der Waals surface area (Å²) in [6, 6.07) is 5.86. The number of nitrogen functional groups attached to an aromatic ring is 1. The van der Waals surface area contributed by atoms with Gasteiger partial charge in [0, 0.05) is 24.5 Å². The van der Waals surface area contributed by atoms with Crippen LogP contribution in [0.4, 0.5) is 11.4 Å². The maximum Gasteiger partial charge on any atom is 0.232 e. The number of hydrogen-bond donors (Lipinski definition) is 1. The molecule has 2 aliphatic heterocycles. The van der Waals surface area contributed by atoms with Crippen LogP contribution in [0.15, 0.2) is 18.2 Å².